The number of hydrogen-bond donors (Lipinski definition) is 0. The molecule has 16 heavy (non-hydrogen) atoms. The number of anilines is 1. The molecule has 1 aromatic rings. The van der Waals surface area contributed by atoms with Crippen molar-refractivity contribution in [2.75, 3.05) is 12.1 Å². The molecule has 0 unspecified atom stereocenters. The third-order valence-corrected chi connectivity index (χ3v) is 2.29. The van der Waals surface area contributed by atoms with Crippen LogP contribution in [0.2, 0.25) is 5.02 Å². The number of carbonyl (C=O) groups is 2. The second kappa shape index (κ2) is 3.94. The maximum atomic E-state index is 11.5. The van der Waals surface area contributed by atoms with E-state index in [4.69, 9.17) is 11.6 Å². The molecule has 1 aliphatic rings. The Balaban J connectivity index is 2.36. The molecule has 1 amide bonds. The molecule has 0 saturated carbocycles. The van der Waals surface area contributed by atoms with E-state index < -0.39 is 11.7 Å². The van der Waals surface area contributed by atoms with Crippen molar-refractivity contribution in [2.24, 2.45) is 5.10 Å². The third kappa shape index (κ3) is 1.65. The van der Waals surface area contributed by atoms with Gasteiger partial charge in [-0.1, -0.05) is 11.6 Å². The van der Waals surface area contributed by atoms with Crippen LogP contribution in [0, 0.1) is 0 Å². The zero-order valence-corrected chi connectivity index (χ0v) is 9.06. The highest BCUT2D eigenvalue weighted by atomic mass is 35.5. The SMILES string of the molecule is COC1=NN(c2ccc(Cl)cc2)C(=O)C1=O. The molecule has 0 saturated heterocycles. The van der Waals surface area contributed by atoms with Crippen molar-refractivity contribution in [3.63, 3.8) is 0 Å². The van der Waals surface area contributed by atoms with E-state index >= 15 is 0 Å². The summed E-state index contributed by atoms with van der Waals surface area (Å²) in [5.41, 5.74) is 0.467. The van der Waals surface area contributed by atoms with E-state index in [0.717, 1.165) is 5.01 Å². The molecule has 0 N–H and O–H groups in total. The van der Waals surface area contributed by atoms with E-state index in [1.165, 1.54) is 7.11 Å². The summed E-state index contributed by atoms with van der Waals surface area (Å²) in [6, 6.07) is 6.40. The van der Waals surface area contributed by atoms with Crippen molar-refractivity contribution in [3.05, 3.63) is 29.3 Å². The second-order valence-electron chi connectivity index (χ2n) is 3.03. The molecule has 2 rings (SSSR count). The van der Waals surface area contributed by atoms with Crippen molar-refractivity contribution in [3.8, 4) is 0 Å². The second-order valence-corrected chi connectivity index (χ2v) is 3.47. The van der Waals surface area contributed by atoms with Crippen molar-refractivity contribution in [2.45, 2.75) is 0 Å². The van der Waals surface area contributed by atoms with Gasteiger partial charge in [0.25, 0.3) is 5.90 Å². The minimum atomic E-state index is -0.752. The maximum absolute atomic E-state index is 11.5. The van der Waals surface area contributed by atoms with E-state index in [9.17, 15) is 9.59 Å². The molecule has 1 heterocycles. The normalized spacial score (nSPS) is 15.4. The molecule has 0 bridgehead atoms. The fourth-order valence-electron chi connectivity index (χ4n) is 1.26. The number of Topliss-reactive ketones (excluding diaryl/α,β-unsaturated/α-hetero) is 1. The summed E-state index contributed by atoms with van der Waals surface area (Å²) in [5, 5.41) is 5.28. The van der Waals surface area contributed by atoms with Gasteiger partial charge in [-0.2, -0.15) is 5.01 Å². The summed E-state index contributed by atoms with van der Waals surface area (Å²) < 4.78 is 4.68. The molecular weight excluding hydrogens is 232 g/mol. The van der Waals surface area contributed by atoms with E-state index in [1.807, 2.05) is 0 Å². The van der Waals surface area contributed by atoms with Gasteiger partial charge in [-0.15, -0.1) is 5.10 Å². The van der Waals surface area contributed by atoms with E-state index in [0.29, 0.717) is 10.7 Å². The zero-order valence-electron chi connectivity index (χ0n) is 8.31. The van der Waals surface area contributed by atoms with E-state index in [1.54, 1.807) is 24.3 Å². The number of ether oxygens (including phenoxy) is 1. The zero-order chi connectivity index (χ0) is 11.7. The minimum Gasteiger partial charge on any atom is -0.477 e. The quantitative estimate of drug-likeness (QED) is 0.691. The number of nitrogens with zero attached hydrogens (tertiary/aromatic N) is 2. The Morgan fingerprint density at radius 2 is 1.88 bits per heavy atom. The predicted octanol–water partition coefficient (Wildman–Crippen LogP) is 1.22. The highest BCUT2D eigenvalue weighted by Crippen LogP contribution is 2.21. The lowest BCUT2D eigenvalue weighted by Gasteiger charge is -2.09. The first kappa shape index (κ1) is 10.6. The van der Waals surface area contributed by atoms with Crippen LogP contribution in [0.15, 0.2) is 29.4 Å². The van der Waals surface area contributed by atoms with Gasteiger partial charge in [0, 0.05) is 5.02 Å². The first-order valence-corrected chi connectivity index (χ1v) is 4.78. The van der Waals surface area contributed by atoms with Crippen LogP contribution in [0.4, 0.5) is 5.69 Å². The largest absolute Gasteiger partial charge is 0.477 e. The number of hydrogen-bond acceptors (Lipinski definition) is 4. The van der Waals surface area contributed by atoms with Gasteiger partial charge in [-0.25, -0.2) is 0 Å². The Labute approximate surface area is 96.3 Å². The molecule has 1 aliphatic heterocycles. The third-order valence-electron chi connectivity index (χ3n) is 2.04. The van der Waals surface area contributed by atoms with Crippen LogP contribution in [0.3, 0.4) is 0 Å². The summed E-state index contributed by atoms with van der Waals surface area (Å²) >= 11 is 5.71. The number of amides is 1. The number of hydrazone groups is 1. The number of benzene rings is 1. The van der Waals surface area contributed by atoms with Gasteiger partial charge in [0.15, 0.2) is 0 Å². The summed E-state index contributed by atoms with van der Waals surface area (Å²) in [4.78, 5) is 22.8. The van der Waals surface area contributed by atoms with Crippen LogP contribution in [0.25, 0.3) is 0 Å². The minimum absolute atomic E-state index is 0.208. The lowest BCUT2D eigenvalue weighted by molar-refractivity contribution is -0.132. The molecule has 5 nitrogen and oxygen atoms in total. The topological polar surface area (TPSA) is 59.0 Å². The van der Waals surface area contributed by atoms with Crippen LogP contribution in [0.5, 0.6) is 0 Å². The number of halogens is 1. The fraction of sp³-hybridized carbons (Fsp3) is 0.100. The molecule has 1 aromatic carbocycles. The number of rotatable bonds is 1. The Morgan fingerprint density at radius 3 is 2.38 bits per heavy atom. The lowest BCUT2D eigenvalue weighted by Crippen LogP contribution is -2.27. The highest BCUT2D eigenvalue weighted by molar-refractivity contribution is 6.67. The van der Waals surface area contributed by atoms with Gasteiger partial charge >= 0.3 is 11.7 Å². The summed E-state index contributed by atoms with van der Waals surface area (Å²) in [7, 11) is 1.29. The lowest BCUT2D eigenvalue weighted by atomic mass is 10.3. The average Bonchev–Trinajstić information content (AvgIpc) is 2.57. The van der Waals surface area contributed by atoms with Gasteiger partial charge < -0.3 is 4.74 Å². The number of carbonyl (C=O) groups excluding carboxylic acids is 2. The van der Waals surface area contributed by atoms with Crippen LogP contribution >= 0.6 is 11.6 Å². The molecule has 0 aliphatic carbocycles. The molecule has 0 atom stereocenters. The van der Waals surface area contributed by atoms with Crippen LogP contribution in [0.1, 0.15) is 0 Å². The molecule has 0 spiro atoms. The van der Waals surface area contributed by atoms with Gasteiger partial charge in [-0.3, -0.25) is 9.59 Å². The van der Waals surface area contributed by atoms with Crippen molar-refractivity contribution < 1.29 is 14.3 Å². The maximum Gasteiger partial charge on any atom is 0.325 e. The molecular formula is C10H7ClN2O3. The van der Waals surface area contributed by atoms with Gasteiger partial charge in [0.1, 0.15) is 0 Å². The average molecular weight is 239 g/mol. The van der Waals surface area contributed by atoms with Crippen LogP contribution in [-0.2, 0) is 14.3 Å². The van der Waals surface area contributed by atoms with Gasteiger partial charge in [0.05, 0.1) is 12.8 Å². The predicted molar refractivity (Wildman–Crippen MR) is 58.4 cm³/mol. The highest BCUT2D eigenvalue weighted by Gasteiger charge is 2.35. The molecule has 0 fully saturated rings. The Bertz CT molecular complexity index is 481. The number of methoxy groups -OCH3 is 1. The monoisotopic (exact) mass is 238 g/mol. The Morgan fingerprint density at radius 1 is 1.25 bits per heavy atom. The molecule has 0 radical (unpaired) electrons. The van der Waals surface area contributed by atoms with Crippen LogP contribution in [-0.4, -0.2) is 24.7 Å². The van der Waals surface area contributed by atoms with Crippen LogP contribution < -0.4 is 5.01 Å². The first-order chi connectivity index (χ1) is 7.63. The van der Waals surface area contributed by atoms with Crippen molar-refractivity contribution in [1.29, 1.82) is 0 Å². The van der Waals surface area contributed by atoms with Gasteiger partial charge in [0.2, 0.25) is 0 Å². The Kier molecular flexibility index (Phi) is 2.62. The van der Waals surface area contributed by atoms with Crippen molar-refractivity contribution in [1.82, 2.24) is 0 Å². The summed E-state index contributed by atoms with van der Waals surface area (Å²) in [6.45, 7) is 0. The molecule has 0 aromatic heterocycles. The first-order valence-electron chi connectivity index (χ1n) is 4.40. The summed E-state index contributed by atoms with van der Waals surface area (Å²) in [6.07, 6.45) is 0. The summed E-state index contributed by atoms with van der Waals surface area (Å²) in [5.74, 6) is -1.70. The van der Waals surface area contributed by atoms with E-state index in [2.05, 4.69) is 9.84 Å². The molecule has 6 heteroatoms. The smallest absolute Gasteiger partial charge is 0.325 e. The Hall–Kier alpha value is -1.88. The number of ketones is 1. The standard InChI is InChI=1S/C10H7ClN2O3/c1-16-9-8(14)10(15)13(12-9)7-4-2-6(11)3-5-7/h2-5H,1H3. The fourth-order valence-corrected chi connectivity index (χ4v) is 1.39. The van der Waals surface area contributed by atoms with Gasteiger partial charge in [-0.05, 0) is 24.3 Å². The van der Waals surface area contributed by atoms with Crippen molar-refractivity contribution >= 4 is 34.9 Å². The van der Waals surface area contributed by atoms with E-state index in [-0.39, 0.29) is 5.90 Å². The molecule has 82 valence electrons.